The Morgan fingerprint density at radius 1 is 1.19 bits per heavy atom. The summed E-state index contributed by atoms with van der Waals surface area (Å²) in [6, 6.07) is 16.2. The standard InChI is InChI=1S/C17H16ClN3/c18-14-5-3-12(4-6-14)17-2-1-9-21(17)15-7-8-16(20)13(10-15)11-19/h3-8,10,17H,1-2,9,20H2/t17-/m0/s1. The molecule has 2 aromatic rings. The van der Waals surface area contributed by atoms with Gasteiger partial charge < -0.3 is 10.6 Å². The summed E-state index contributed by atoms with van der Waals surface area (Å²) in [5, 5.41) is 9.89. The molecule has 0 saturated carbocycles. The van der Waals surface area contributed by atoms with E-state index in [9.17, 15) is 0 Å². The highest BCUT2D eigenvalue weighted by Gasteiger charge is 2.26. The smallest absolute Gasteiger partial charge is 0.101 e. The molecule has 0 radical (unpaired) electrons. The van der Waals surface area contributed by atoms with Crippen LogP contribution < -0.4 is 10.6 Å². The largest absolute Gasteiger partial charge is 0.398 e. The molecular weight excluding hydrogens is 282 g/mol. The van der Waals surface area contributed by atoms with Gasteiger partial charge in [0.25, 0.3) is 0 Å². The predicted octanol–water partition coefficient (Wildman–Crippen LogP) is 4.14. The van der Waals surface area contributed by atoms with E-state index in [0.717, 1.165) is 30.1 Å². The normalized spacial score (nSPS) is 17.7. The first-order chi connectivity index (χ1) is 10.2. The summed E-state index contributed by atoms with van der Waals surface area (Å²) >= 11 is 5.97. The highest BCUT2D eigenvalue weighted by atomic mass is 35.5. The third-order valence-electron chi connectivity index (χ3n) is 4.00. The first-order valence-corrected chi connectivity index (χ1v) is 7.38. The lowest BCUT2D eigenvalue weighted by atomic mass is 10.0. The number of nitrogen functional groups attached to an aromatic ring is 1. The van der Waals surface area contributed by atoms with Gasteiger partial charge in [-0.15, -0.1) is 0 Å². The fourth-order valence-electron chi connectivity index (χ4n) is 2.93. The van der Waals surface area contributed by atoms with Gasteiger partial charge in [0.1, 0.15) is 6.07 Å². The van der Waals surface area contributed by atoms with Gasteiger partial charge in [-0.05, 0) is 48.7 Å². The summed E-state index contributed by atoms with van der Waals surface area (Å²) in [6.45, 7) is 0.988. The van der Waals surface area contributed by atoms with Crippen LogP contribution in [0.2, 0.25) is 5.02 Å². The maximum Gasteiger partial charge on any atom is 0.101 e. The first-order valence-electron chi connectivity index (χ1n) is 7.01. The van der Waals surface area contributed by atoms with Crippen molar-refractivity contribution in [1.82, 2.24) is 0 Å². The van der Waals surface area contributed by atoms with E-state index in [4.69, 9.17) is 22.6 Å². The first kappa shape index (κ1) is 13.8. The van der Waals surface area contributed by atoms with E-state index in [2.05, 4.69) is 23.1 Å². The van der Waals surface area contributed by atoms with Gasteiger partial charge in [-0.1, -0.05) is 23.7 Å². The van der Waals surface area contributed by atoms with Crippen LogP contribution in [0.1, 0.15) is 30.0 Å². The maximum absolute atomic E-state index is 9.14. The highest BCUT2D eigenvalue weighted by Crippen LogP contribution is 2.37. The Bertz CT molecular complexity index is 688. The van der Waals surface area contributed by atoms with Crippen molar-refractivity contribution in [2.75, 3.05) is 17.2 Å². The number of hydrogen-bond donors (Lipinski definition) is 1. The average molecular weight is 298 g/mol. The van der Waals surface area contributed by atoms with Crippen LogP contribution in [-0.2, 0) is 0 Å². The molecule has 0 unspecified atom stereocenters. The summed E-state index contributed by atoms with van der Waals surface area (Å²) in [4.78, 5) is 2.34. The summed E-state index contributed by atoms with van der Waals surface area (Å²) in [5.74, 6) is 0. The molecular formula is C17H16ClN3. The summed E-state index contributed by atoms with van der Waals surface area (Å²) in [6.07, 6.45) is 2.24. The molecule has 1 aliphatic rings. The van der Waals surface area contributed by atoms with Crippen molar-refractivity contribution in [1.29, 1.82) is 5.26 Å². The Morgan fingerprint density at radius 2 is 1.95 bits per heavy atom. The highest BCUT2D eigenvalue weighted by molar-refractivity contribution is 6.30. The quantitative estimate of drug-likeness (QED) is 0.848. The molecule has 0 spiro atoms. The van der Waals surface area contributed by atoms with Crippen LogP contribution in [0, 0.1) is 11.3 Å². The molecule has 21 heavy (non-hydrogen) atoms. The Kier molecular flexibility index (Phi) is 3.72. The number of nitrogens with two attached hydrogens (primary N) is 1. The Morgan fingerprint density at radius 3 is 2.67 bits per heavy atom. The molecule has 0 bridgehead atoms. The molecule has 4 heteroatoms. The SMILES string of the molecule is N#Cc1cc(N2CCC[C@H]2c2ccc(Cl)cc2)ccc1N. The minimum absolute atomic E-state index is 0.331. The lowest BCUT2D eigenvalue weighted by Crippen LogP contribution is -2.22. The number of hydrogen-bond acceptors (Lipinski definition) is 3. The van der Waals surface area contributed by atoms with Crippen molar-refractivity contribution in [3.05, 3.63) is 58.6 Å². The Hall–Kier alpha value is -2.18. The van der Waals surface area contributed by atoms with Crippen molar-refractivity contribution in [2.45, 2.75) is 18.9 Å². The summed E-state index contributed by atoms with van der Waals surface area (Å²) < 4.78 is 0. The van der Waals surface area contributed by atoms with E-state index < -0.39 is 0 Å². The van der Waals surface area contributed by atoms with Gasteiger partial charge in [-0.25, -0.2) is 0 Å². The number of nitrogens with zero attached hydrogens (tertiary/aromatic N) is 2. The molecule has 106 valence electrons. The van der Waals surface area contributed by atoms with Crippen LogP contribution in [0.5, 0.6) is 0 Å². The molecule has 3 nitrogen and oxygen atoms in total. The van der Waals surface area contributed by atoms with Gasteiger partial charge in [0.2, 0.25) is 0 Å². The second-order valence-corrected chi connectivity index (χ2v) is 5.72. The van der Waals surface area contributed by atoms with E-state index >= 15 is 0 Å². The van der Waals surface area contributed by atoms with Gasteiger partial charge in [0.15, 0.2) is 0 Å². The number of nitriles is 1. The minimum atomic E-state index is 0.331. The molecule has 1 heterocycles. The molecule has 0 amide bonds. The van der Waals surface area contributed by atoms with Gasteiger partial charge in [0.05, 0.1) is 11.6 Å². The molecule has 1 atom stereocenters. The second kappa shape index (κ2) is 5.67. The van der Waals surface area contributed by atoms with Gasteiger partial charge in [-0.3, -0.25) is 0 Å². The third-order valence-corrected chi connectivity index (χ3v) is 4.25. The van der Waals surface area contributed by atoms with Crippen LogP contribution in [0.4, 0.5) is 11.4 Å². The summed E-state index contributed by atoms with van der Waals surface area (Å²) in [7, 11) is 0. The van der Waals surface area contributed by atoms with E-state index in [1.165, 1.54) is 5.56 Å². The zero-order valence-electron chi connectivity index (χ0n) is 11.6. The van der Waals surface area contributed by atoms with Crippen LogP contribution in [0.25, 0.3) is 0 Å². The van der Waals surface area contributed by atoms with Crippen molar-refractivity contribution < 1.29 is 0 Å². The number of anilines is 2. The van der Waals surface area contributed by atoms with Crippen molar-refractivity contribution in [3.63, 3.8) is 0 Å². The van der Waals surface area contributed by atoms with Crippen LogP contribution in [0.3, 0.4) is 0 Å². The molecule has 0 aliphatic carbocycles. The molecule has 2 aromatic carbocycles. The molecule has 2 N–H and O–H groups in total. The molecule has 1 fully saturated rings. The summed E-state index contributed by atoms with van der Waals surface area (Å²) in [5.41, 5.74) is 9.18. The topological polar surface area (TPSA) is 53.0 Å². The van der Waals surface area contributed by atoms with Crippen LogP contribution >= 0.6 is 11.6 Å². The number of halogens is 1. The Labute approximate surface area is 129 Å². The van der Waals surface area contributed by atoms with E-state index in [0.29, 0.717) is 17.3 Å². The van der Waals surface area contributed by atoms with Gasteiger partial charge in [0, 0.05) is 22.9 Å². The van der Waals surface area contributed by atoms with Crippen molar-refractivity contribution >= 4 is 23.0 Å². The zero-order chi connectivity index (χ0) is 14.8. The van der Waals surface area contributed by atoms with E-state index in [-0.39, 0.29) is 0 Å². The minimum Gasteiger partial charge on any atom is -0.398 e. The maximum atomic E-state index is 9.14. The van der Waals surface area contributed by atoms with Gasteiger partial charge in [-0.2, -0.15) is 5.26 Å². The van der Waals surface area contributed by atoms with E-state index in [1.807, 2.05) is 30.3 Å². The monoisotopic (exact) mass is 297 g/mol. The fraction of sp³-hybridized carbons (Fsp3) is 0.235. The van der Waals surface area contributed by atoms with Crippen molar-refractivity contribution in [3.8, 4) is 6.07 Å². The number of rotatable bonds is 2. The predicted molar refractivity (Wildman–Crippen MR) is 86.3 cm³/mol. The average Bonchev–Trinajstić information content (AvgIpc) is 2.98. The Balaban J connectivity index is 1.94. The second-order valence-electron chi connectivity index (χ2n) is 5.29. The van der Waals surface area contributed by atoms with Crippen LogP contribution in [-0.4, -0.2) is 6.54 Å². The lowest BCUT2D eigenvalue weighted by molar-refractivity contribution is 0.719. The third kappa shape index (κ3) is 2.68. The fourth-order valence-corrected chi connectivity index (χ4v) is 3.05. The molecule has 3 rings (SSSR count). The zero-order valence-corrected chi connectivity index (χ0v) is 12.3. The molecule has 1 saturated heterocycles. The van der Waals surface area contributed by atoms with Gasteiger partial charge >= 0.3 is 0 Å². The van der Waals surface area contributed by atoms with Crippen molar-refractivity contribution in [2.24, 2.45) is 0 Å². The van der Waals surface area contributed by atoms with Crippen LogP contribution in [0.15, 0.2) is 42.5 Å². The lowest BCUT2D eigenvalue weighted by Gasteiger charge is -2.27. The molecule has 1 aliphatic heterocycles. The number of benzene rings is 2. The van der Waals surface area contributed by atoms with E-state index in [1.54, 1.807) is 0 Å². The molecule has 0 aromatic heterocycles.